The molecule has 0 radical (unpaired) electrons. The topological polar surface area (TPSA) is 126 Å². The maximum Gasteiger partial charge on any atom is 0.407 e. The molecule has 1 amide bonds. The molecular formula is C31H33F3N6O4S2. The number of aromatic nitrogens is 2. The number of nitrogens with one attached hydrogen (secondary N) is 3. The largest absolute Gasteiger partial charge is 0.453 e. The lowest BCUT2D eigenvalue weighted by Gasteiger charge is -2.27. The highest BCUT2D eigenvalue weighted by molar-refractivity contribution is 7.92. The van der Waals surface area contributed by atoms with Crippen LogP contribution in [-0.2, 0) is 14.8 Å². The first kappa shape index (κ1) is 33.2. The zero-order chi connectivity index (χ0) is 33.0. The Morgan fingerprint density at radius 3 is 2.63 bits per heavy atom. The molecule has 1 aliphatic heterocycles. The van der Waals surface area contributed by atoms with Crippen LogP contribution in [0.2, 0.25) is 0 Å². The number of sulfonamides is 1. The average molecular weight is 675 g/mol. The van der Waals surface area contributed by atoms with Crippen LogP contribution in [0.15, 0.2) is 59.6 Å². The fraction of sp³-hybridized carbons (Fsp3) is 0.323. The fourth-order valence-corrected chi connectivity index (χ4v) is 7.45. The first-order chi connectivity index (χ1) is 21.9. The predicted octanol–water partition coefficient (Wildman–Crippen LogP) is 6.06. The van der Waals surface area contributed by atoms with E-state index in [2.05, 4.69) is 37.0 Å². The summed E-state index contributed by atoms with van der Waals surface area (Å²) >= 11 is 1.43. The number of methoxy groups -OCH3 is 1. The lowest BCUT2D eigenvalue weighted by Crippen LogP contribution is -2.37. The van der Waals surface area contributed by atoms with Crippen LogP contribution < -0.4 is 15.4 Å². The van der Waals surface area contributed by atoms with E-state index in [1.165, 1.54) is 36.6 Å². The Bertz CT molecular complexity index is 1830. The molecule has 0 spiro atoms. The van der Waals surface area contributed by atoms with Crippen LogP contribution >= 0.6 is 11.3 Å². The molecule has 0 aliphatic carbocycles. The maximum absolute atomic E-state index is 16.2. The highest BCUT2D eigenvalue weighted by Crippen LogP contribution is 2.43. The van der Waals surface area contributed by atoms with Crippen molar-refractivity contribution in [3.8, 4) is 21.7 Å². The molecule has 1 atom stereocenters. The van der Waals surface area contributed by atoms with E-state index in [1.54, 1.807) is 25.3 Å². The van der Waals surface area contributed by atoms with Crippen LogP contribution in [0.5, 0.6) is 0 Å². The number of likely N-dealkylation sites (tertiary alicyclic amines) is 1. The molecule has 2 aromatic carbocycles. The number of carbonyl (C=O) groups excluding carboxylic acids is 1. The van der Waals surface area contributed by atoms with Crippen molar-refractivity contribution in [1.82, 2.24) is 20.2 Å². The fourth-order valence-electron chi connectivity index (χ4n) is 5.06. The number of ether oxygens (including phenoxy) is 1. The van der Waals surface area contributed by atoms with Gasteiger partial charge in [0.1, 0.15) is 22.3 Å². The van der Waals surface area contributed by atoms with Crippen LogP contribution in [0.25, 0.3) is 21.7 Å². The minimum atomic E-state index is -4.67. The van der Waals surface area contributed by atoms with Gasteiger partial charge in [0.25, 0.3) is 10.0 Å². The van der Waals surface area contributed by atoms with Gasteiger partial charge in [-0.3, -0.25) is 4.72 Å². The SMILES string of the molecule is COC(=O)N[C@@H](C)CNc1cc(-c2sc(C3CCN(C)CC3)nc2-c2cccc(NS(=O)(=O)c3cc(F)ccc3F)c2F)ccn1. The highest BCUT2D eigenvalue weighted by Gasteiger charge is 2.28. The van der Waals surface area contributed by atoms with E-state index in [0.717, 1.165) is 37.0 Å². The summed E-state index contributed by atoms with van der Waals surface area (Å²) in [6.45, 7) is 3.93. The number of pyridine rings is 1. The van der Waals surface area contributed by atoms with Crippen LogP contribution in [0.3, 0.4) is 0 Å². The van der Waals surface area contributed by atoms with Crippen molar-refractivity contribution in [2.45, 2.75) is 36.6 Å². The molecule has 5 rings (SSSR count). The third-order valence-electron chi connectivity index (χ3n) is 7.55. The number of piperidine rings is 1. The summed E-state index contributed by atoms with van der Waals surface area (Å²) in [4.78, 5) is 22.8. The first-order valence-electron chi connectivity index (χ1n) is 14.5. The zero-order valence-electron chi connectivity index (χ0n) is 25.3. The number of carbonyl (C=O) groups is 1. The number of halogens is 3. The second-order valence-corrected chi connectivity index (χ2v) is 13.7. The van der Waals surface area contributed by atoms with Crippen molar-refractivity contribution >= 4 is 39.0 Å². The molecule has 3 heterocycles. The van der Waals surface area contributed by atoms with E-state index >= 15 is 4.39 Å². The smallest absolute Gasteiger partial charge is 0.407 e. The Balaban J connectivity index is 1.51. The number of hydrogen-bond acceptors (Lipinski definition) is 9. The molecule has 0 saturated carbocycles. The van der Waals surface area contributed by atoms with E-state index < -0.39 is 44.2 Å². The molecule has 1 aliphatic rings. The molecule has 3 N–H and O–H groups in total. The summed E-state index contributed by atoms with van der Waals surface area (Å²) in [6, 6.07) is 9.47. The summed E-state index contributed by atoms with van der Waals surface area (Å²) in [6.07, 6.45) is 2.79. The Labute approximate surface area is 269 Å². The molecule has 15 heteroatoms. The molecule has 0 bridgehead atoms. The number of alkyl carbamates (subject to hydrolysis) is 1. The summed E-state index contributed by atoms with van der Waals surface area (Å²) in [5.41, 5.74) is 0.606. The van der Waals surface area contributed by atoms with E-state index in [4.69, 9.17) is 4.98 Å². The number of amides is 1. The van der Waals surface area contributed by atoms with Crippen molar-refractivity contribution < 1.29 is 31.1 Å². The summed E-state index contributed by atoms with van der Waals surface area (Å²) in [7, 11) is -1.34. The second-order valence-electron chi connectivity index (χ2n) is 11.0. The molecule has 1 fully saturated rings. The van der Waals surface area contributed by atoms with Gasteiger partial charge in [-0.05, 0) is 87.9 Å². The Kier molecular flexibility index (Phi) is 10.1. The lowest BCUT2D eigenvalue weighted by molar-refractivity contribution is 0.168. The van der Waals surface area contributed by atoms with Gasteiger partial charge in [-0.15, -0.1) is 11.3 Å². The van der Waals surface area contributed by atoms with Crippen molar-refractivity contribution in [1.29, 1.82) is 0 Å². The van der Waals surface area contributed by atoms with Gasteiger partial charge in [-0.2, -0.15) is 0 Å². The molecule has 2 aromatic heterocycles. The van der Waals surface area contributed by atoms with Gasteiger partial charge in [0.15, 0.2) is 5.82 Å². The number of anilines is 2. The molecule has 1 saturated heterocycles. The van der Waals surface area contributed by atoms with Gasteiger partial charge in [-0.25, -0.2) is 36.4 Å². The van der Waals surface area contributed by atoms with Gasteiger partial charge in [0, 0.05) is 30.3 Å². The van der Waals surface area contributed by atoms with Crippen molar-refractivity contribution in [3.63, 3.8) is 0 Å². The van der Waals surface area contributed by atoms with Gasteiger partial charge in [0.05, 0.1) is 28.4 Å². The van der Waals surface area contributed by atoms with E-state index in [0.29, 0.717) is 40.6 Å². The summed E-state index contributed by atoms with van der Waals surface area (Å²) in [5, 5.41) is 6.67. The van der Waals surface area contributed by atoms with Gasteiger partial charge < -0.3 is 20.3 Å². The standard InChI is InChI=1S/C31H33F3N6O4S2/c1-18(37-31(41)44-3)17-36-26-15-20(9-12-35-26)29-28(38-30(45-29)19-10-13-40(2)14-11-19)22-5-4-6-24(27(22)34)39-46(42,43)25-16-21(32)7-8-23(25)33/h4-9,12,15-16,18-19,39H,10-11,13-14,17H2,1-3H3,(H,35,36)(H,37,41)/t18-/m0/s1. The molecule has 244 valence electrons. The number of hydrogen-bond donors (Lipinski definition) is 3. The normalized spacial score (nSPS) is 14.9. The molecule has 46 heavy (non-hydrogen) atoms. The predicted molar refractivity (Wildman–Crippen MR) is 171 cm³/mol. The molecule has 10 nitrogen and oxygen atoms in total. The van der Waals surface area contributed by atoms with Crippen molar-refractivity contribution in [2.75, 3.05) is 43.8 Å². The molecular weight excluding hydrogens is 642 g/mol. The van der Waals surface area contributed by atoms with Crippen molar-refractivity contribution in [2.24, 2.45) is 0 Å². The number of benzene rings is 2. The molecule has 0 unspecified atom stereocenters. The van der Waals surface area contributed by atoms with Crippen LogP contribution in [-0.4, -0.2) is 69.2 Å². The first-order valence-corrected chi connectivity index (χ1v) is 16.8. The Morgan fingerprint density at radius 2 is 1.89 bits per heavy atom. The van der Waals surface area contributed by atoms with E-state index in [-0.39, 0.29) is 17.5 Å². The minimum absolute atomic E-state index is 0.0348. The number of nitrogens with zero attached hydrogens (tertiary/aromatic N) is 3. The van der Waals surface area contributed by atoms with Gasteiger partial charge in [0.2, 0.25) is 0 Å². The van der Waals surface area contributed by atoms with Crippen LogP contribution in [0.1, 0.15) is 30.7 Å². The Morgan fingerprint density at radius 1 is 1.13 bits per heavy atom. The van der Waals surface area contributed by atoms with Crippen LogP contribution in [0, 0.1) is 17.5 Å². The lowest BCUT2D eigenvalue weighted by atomic mass is 9.98. The second kappa shape index (κ2) is 14.1. The third kappa shape index (κ3) is 7.59. The number of rotatable bonds is 10. The average Bonchev–Trinajstić information content (AvgIpc) is 3.48. The van der Waals surface area contributed by atoms with Gasteiger partial charge >= 0.3 is 6.09 Å². The van der Waals surface area contributed by atoms with Crippen molar-refractivity contribution in [3.05, 3.63) is 77.2 Å². The third-order valence-corrected chi connectivity index (χ3v) is 10.2. The monoisotopic (exact) mass is 674 g/mol. The van der Waals surface area contributed by atoms with E-state index in [9.17, 15) is 22.0 Å². The Hall–Kier alpha value is -4.21. The zero-order valence-corrected chi connectivity index (χ0v) is 26.9. The minimum Gasteiger partial charge on any atom is -0.453 e. The quantitative estimate of drug-likeness (QED) is 0.186. The molecule has 4 aromatic rings. The highest BCUT2D eigenvalue weighted by atomic mass is 32.2. The van der Waals surface area contributed by atoms with Gasteiger partial charge in [-0.1, -0.05) is 6.07 Å². The maximum atomic E-state index is 16.2. The summed E-state index contributed by atoms with van der Waals surface area (Å²) < 4.78 is 77.0. The van der Waals surface area contributed by atoms with E-state index in [1.807, 2.05) is 0 Å². The summed E-state index contributed by atoms with van der Waals surface area (Å²) in [5.74, 6) is -2.38. The number of thiazole rings is 1. The van der Waals surface area contributed by atoms with Crippen LogP contribution in [0.4, 0.5) is 29.5 Å².